The number of piperazine rings is 1. The first-order valence-corrected chi connectivity index (χ1v) is 11.9. The second-order valence-corrected chi connectivity index (χ2v) is 9.75. The van der Waals surface area contributed by atoms with Crippen molar-refractivity contribution in [2.45, 2.75) is 32.2 Å². The van der Waals surface area contributed by atoms with E-state index in [1.807, 2.05) is 17.5 Å². The van der Waals surface area contributed by atoms with Gasteiger partial charge in [0.25, 0.3) is 11.5 Å². The monoisotopic (exact) mass is 442 g/mol. The van der Waals surface area contributed by atoms with Crippen LogP contribution in [0.25, 0.3) is 10.2 Å². The van der Waals surface area contributed by atoms with Gasteiger partial charge in [-0.25, -0.2) is 4.98 Å². The number of aryl methyl sites for hydroxylation is 2. The predicted molar refractivity (Wildman–Crippen MR) is 117 cm³/mol. The Bertz CT molecular complexity index is 1160. The molecule has 0 unspecified atom stereocenters. The molecule has 2 amide bonds. The Morgan fingerprint density at radius 1 is 1.07 bits per heavy atom. The van der Waals surface area contributed by atoms with Gasteiger partial charge in [-0.15, -0.1) is 22.7 Å². The maximum Gasteiger partial charge on any atom is 0.264 e. The summed E-state index contributed by atoms with van der Waals surface area (Å²) >= 11 is 3.05. The zero-order valence-electron chi connectivity index (χ0n) is 16.5. The van der Waals surface area contributed by atoms with E-state index in [9.17, 15) is 14.4 Å². The van der Waals surface area contributed by atoms with E-state index in [1.54, 1.807) is 21.1 Å². The number of hydrogen-bond donors (Lipinski definition) is 0. The smallest absolute Gasteiger partial charge is 0.264 e. The summed E-state index contributed by atoms with van der Waals surface area (Å²) in [6, 6.07) is 3.69. The molecule has 4 heterocycles. The van der Waals surface area contributed by atoms with Crippen LogP contribution in [0.2, 0.25) is 0 Å². The molecule has 0 spiro atoms. The average molecular weight is 443 g/mol. The van der Waals surface area contributed by atoms with Crippen LogP contribution in [-0.4, -0.2) is 57.3 Å². The minimum Gasteiger partial charge on any atom is -0.338 e. The minimum absolute atomic E-state index is 0.00867. The molecule has 0 N–H and O–H groups in total. The van der Waals surface area contributed by atoms with Crippen molar-refractivity contribution < 1.29 is 9.59 Å². The molecule has 0 atom stereocenters. The predicted octanol–water partition coefficient (Wildman–Crippen LogP) is 2.38. The van der Waals surface area contributed by atoms with E-state index in [0.29, 0.717) is 31.6 Å². The molecule has 0 saturated carbocycles. The molecule has 0 aromatic carbocycles. The SMILES string of the molecule is O=C(Cn1cnc2sc3c(c2c1=O)CCCC3)N1CCN(C(=O)c2cccs2)CC1. The Morgan fingerprint density at radius 2 is 1.83 bits per heavy atom. The van der Waals surface area contributed by atoms with Crippen molar-refractivity contribution in [1.82, 2.24) is 19.4 Å². The quantitative estimate of drug-likeness (QED) is 0.624. The molecule has 1 aliphatic heterocycles. The van der Waals surface area contributed by atoms with E-state index in [2.05, 4.69) is 4.98 Å². The molecule has 7 nitrogen and oxygen atoms in total. The Morgan fingerprint density at radius 3 is 2.60 bits per heavy atom. The largest absolute Gasteiger partial charge is 0.338 e. The fourth-order valence-corrected chi connectivity index (χ4v) is 6.16. The van der Waals surface area contributed by atoms with Gasteiger partial charge in [0.1, 0.15) is 11.4 Å². The molecule has 3 aromatic rings. The molecule has 156 valence electrons. The second kappa shape index (κ2) is 7.96. The normalized spacial score (nSPS) is 16.7. The van der Waals surface area contributed by atoms with E-state index in [4.69, 9.17) is 0 Å². The Balaban J connectivity index is 1.28. The average Bonchev–Trinajstić information content (AvgIpc) is 3.43. The summed E-state index contributed by atoms with van der Waals surface area (Å²) in [6.45, 7) is 1.97. The first-order chi connectivity index (χ1) is 14.6. The van der Waals surface area contributed by atoms with Crippen LogP contribution < -0.4 is 5.56 Å². The van der Waals surface area contributed by atoms with Crippen molar-refractivity contribution in [3.63, 3.8) is 0 Å². The number of thiophene rings is 2. The van der Waals surface area contributed by atoms with Crippen LogP contribution in [0.5, 0.6) is 0 Å². The van der Waals surface area contributed by atoms with Crippen molar-refractivity contribution >= 4 is 44.7 Å². The van der Waals surface area contributed by atoms with Crippen LogP contribution in [0.4, 0.5) is 0 Å². The number of fused-ring (bicyclic) bond motifs is 3. The highest BCUT2D eigenvalue weighted by Gasteiger charge is 2.26. The van der Waals surface area contributed by atoms with Gasteiger partial charge in [-0.05, 0) is 42.7 Å². The van der Waals surface area contributed by atoms with Crippen LogP contribution in [0.3, 0.4) is 0 Å². The van der Waals surface area contributed by atoms with E-state index >= 15 is 0 Å². The van der Waals surface area contributed by atoms with Gasteiger partial charge in [0.15, 0.2) is 0 Å². The lowest BCUT2D eigenvalue weighted by Crippen LogP contribution is -2.51. The molecule has 30 heavy (non-hydrogen) atoms. The second-order valence-electron chi connectivity index (χ2n) is 7.72. The number of amides is 2. The number of aromatic nitrogens is 2. The molecule has 2 aliphatic rings. The van der Waals surface area contributed by atoms with Gasteiger partial charge in [0, 0.05) is 31.1 Å². The van der Waals surface area contributed by atoms with Crippen LogP contribution >= 0.6 is 22.7 Å². The van der Waals surface area contributed by atoms with Crippen LogP contribution in [0.15, 0.2) is 28.6 Å². The lowest BCUT2D eigenvalue weighted by atomic mass is 9.97. The maximum atomic E-state index is 13.1. The summed E-state index contributed by atoms with van der Waals surface area (Å²) in [5.41, 5.74) is 1.03. The minimum atomic E-state index is -0.112. The topological polar surface area (TPSA) is 75.5 Å². The highest BCUT2D eigenvalue weighted by atomic mass is 32.1. The summed E-state index contributed by atoms with van der Waals surface area (Å²) in [4.78, 5) is 49.1. The van der Waals surface area contributed by atoms with Crippen LogP contribution in [-0.2, 0) is 24.2 Å². The van der Waals surface area contributed by atoms with Gasteiger partial charge in [-0.1, -0.05) is 6.07 Å². The highest BCUT2D eigenvalue weighted by molar-refractivity contribution is 7.18. The van der Waals surface area contributed by atoms with E-state index < -0.39 is 0 Å². The number of carbonyl (C=O) groups excluding carboxylic acids is 2. The van der Waals surface area contributed by atoms with Gasteiger partial charge < -0.3 is 9.80 Å². The molecule has 3 aromatic heterocycles. The van der Waals surface area contributed by atoms with Gasteiger partial charge in [-0.3, -0.25) is 19.0 Å². The number of rotatable bonds is 3. The third-order valence-electron chi connectivity index (χ3n) is 5.90. The Labute approximate surface area is 181 Å². The van der Waals surface area contributed by atoms with Crippen LogP contribution in [0, 0.1) is 0 Å². The highest BCUT2D eigenvalue weighted by Crippen LogP contribution is 2.33. The first-order valence-electron chi connectivity index (χ1n) is 10.2. The number of carbonyl (C=O) groups is 2. The van der Waals surface area contributed by atoms with Gasteiger partial charge in [0.05, 0.1) is 16.6 Å². The Hall–Kier alpha value is -2.52. The molecule has 1 saturated heterocycles. The van der Waals surface area contributed by atoms with E-state index in [1.165, 1.54) is 27.1 Å². The lowest BCUT2D eigenvalue weighted by Gasteiger charge is -2.34. The summed E-state index contributed by atoms with van der Waals surface area (Å²) in [5.74, 6) is -0.0872. The molecule has 1 aliphatic carbocycles. The summed E-state index contributed by atoms with van der Waals surface area (Å²) in [5, 5.41) is 2.59. The molecule has 9 heteroatoms. The molecule has 1 fully saturated rings. The van der Waals surface area contributed by atoms with Gasteiger partial charge in [0.2, 0.25) is 5.91 Å². The van der Waals surface area contributed by atoms with Crippen molar-refractivity contribution in [1.29, 1.82) is 0 Å². The number of hydrogen-bond acceptors (Lipinski definition) is 6. The molecule has 5 rings (SSSR count). The van der Waals surface area contributed by atoms with Crippen molar-refractivity contribution in [2.24, 2.45) is 0 Å². The fourth-order valence-electron chi connectivity index (χ4n) is 4.25. The third-order valence-corrected chi connectivity index (χ3v) is 7.96. The van der Waals surface area contributed by atoms with E-state index in [0.717, 1.165) is 41.0 Å². The lowest BCUT2D eigenvalue weighted by molar-refractivity contribution is -0.133. The van der Waals surface area contributed by atoms with Crippen molar-refractivity contribution in [2.75, 3.05) is 26.2 Å². The molecule has 0 bridgehead atoms. The van der Waals surface area contributed by atoms with Crippen molar-refractivity contribution in [3.05, 3.63) is 49.5 Å². The van der Waals surface area contributed by atoms with Gasteiger partial charge >= 0.3 is 0 Å². The molecule has 0 radical (unpaired) electrons. The maximum absolute atomic E-state index is 13.1. The molecular weight excluding hydrogens is 420 g/mol. The van der Waals surface area contributed by atoms with E-state index in [-0.39, 0.29) is 23.9 Å². The first kappa shape index (κ1) is 19.4. The standard InChI is InChI=1S/C21H22N4O3S2/c26-17(23-7-9-24(10-8-23)20(27)16-6-3-11-29-16)12-25-13-22-19-18(21(25)28)14-4-1-2-5-15(14)30-19/h3,6,11,13H,1-2,4-5,7-10,12H2. The summed E-state index contributed by atoms with van der Waals surface area (Å²) in [6.07, 6.45) is 5.70. The number of nitrogens with zero attached hydrogens (tertiary/aromatic N) is 4. The Kier molecular flexibility index (Phi) is 5.16. The van der Waals surface area contributed by atoms with Crippen molar-refractivity contribution in [3.8, 4) is 0 Å². The third kappa shape index (κ3) is 3.45. The van der Waals surface area contributed by atoms with Gasteiger partial charge in [-0.2, -0.15) is 0 Å². The molecular formula is C21H22N4O3S2. The summed E-state index contributed by atoms with van der Waals surface area (Å²) < 4.78 is 1.44. The zero-order chi connectivity index (χ0) is 20.7. The zero-order valence-corrected chi connectivity index (χ0v) is 18.1. The van der Waals surface area contributed by atoms with Crippen LogP contribution in [0.1, 0.15) is 33.0 Å². The summed E-state index contributed by atoms with van der Waals surface area (Å²) in [7, 11) is 0. The fraction of sp³-hybridized carbons (Fsp3) is 0.429.